The first-order valence-electron chi connectivity index (χ1n) is 4.12. The van der Waals surface area contributed by atoms with Gasteiger partial charge in [0.2, 0.25) is 5.78 Å². The summed E-state index contributed by atoms with van der Waals surface area (Å²) in [6, 6.07) is 1.72. The second-order valence-electron chi connectivity index (χ2n) is 2.89. The molecule has 0 saturated carbocycles. The van der Waals surface area contributed by atoms with Gasteiger partial charge in [0.05, 0.1) is 5.51 Å². The number of thiazole rings is 1. The number of hydrogen-bond acceptors (Lipinski definition) is 4. The van der Waals surface area contributed by atoms with Crippen LogP contribution in [0.2, 0.25) is 0 Å². The van der Waals surface area contributed by atoms with Crippen molar-refractivity contribution in [3.05, 3.63) is 46.2 Å². The lowest BCUT2D eigenvalue weighted by Crippen LogP contribution is -2.03. The van der Waals surface area contributed by atoms with Crippen molar-refractivity contribution < 1.29 is 4.79 Å². The van der Waals surface area contributed by atoms with Crippen LogP contribution in [0, 0.1) is 6.92 Å². The molecule has 0 N–H and O–H groups in total. The zero-order valence-electron chi connectivity index (χ0n) is 7.60. The van der Waals surface area contributed by atoms with E-state index in [2.05, 4.69) is 9.97 Å². The molecule has 0 aliphatic heterocycles. The minimum absolute atomic E-state index is 0.0360. The van der Waals surface area contributed by atoms with Crippen molar-refractivity contribution >= 4 is 17.1 Å². The van der Waals surface area contributed by atoms with Gasteiger partial charge in [-0.2, -0.15) is 0 Å². The minimum Gasteiger partial charge on any atom is -0.287 e. The van der Waals surface area contributed by atoms with Gasteiger partial charge in [0, 0.05) is 23.3 Å². The van der Waals surface area contributed by atoms with E-state index in [1.165, 1.54) is 11.3 Å². The van der Waals surface area contributed by atoms with Crippen LogP contribution in [0.5, 0.6) is 0 Å². The fourth-order valence-electron chi connectivity index (χ4n) is 1.19. The maximum absolute atomic E-state index is 11.8. The van der Waals surface area contributed by atoms with Crippen molar-refractivity contribution in [1.29, 1.82) is 0 Å². The Bertz CT molecular complexity index is 451. The predicted octanol–water partition coefficient (Wildman–Crippen LogP) is 2.08. The molecule has 0 saturated heterocycles. The predicted molar refractivity (Wildman–Crippen MR) is 54.5 cm³/mol. The number of ketones is 1. The molecule has 2 rings (SSSR count). The SMILES string of the molecule is Cc1cnccc1C(=O)c1cscn1. The molecular weight excluding hydrogens is 196 g/mol. The Morgan fingerprint density at radius 1 is 1.50 bits per heavy atom. The maximum Gasteiger partial charge on any atom is 0.212 e. The molecular formula is C10H8N2OS. The summed E-state index contributed by atoms with van der Waals surface area (Å²) in [7, 11) is 0. The number of carbonyl (C=O) groups excluding carboxylic acids is 1. The van der Waals surface area contributed by atoms with Gasteiger partial charge in [0.1, 0.15) is 5.69 Å². The third kappa shape index (κ3) is 1.56. The first kappa shape index (κ1) is 9.02. The topological polar surface area (TPSA) is 42.9 Å². The Labute approximate surface area is 85.5 Å². The third-order valence-corrected chi connectivity index (χ3v) is 2.52. The highest BCUT2D eigenvalue weighted by Gasteiger charge is 2.12. The number of carbonyl (C=O) groups is 1. The minimum atomic E-state index is -0.0360. The summed E-state index contributed by atoms with van der Waals surface area (Å²) < 4.78 is 0. The van der Waals surface area contributed by atoms with Crippen molar-refractivity contribution in [3.63, 3.8) is 0 Å². The normalized spacial score (nSPS) is 10.1. The maximum atomic E-state index is 11.8. The zero-order valence-corrected chi connectivity index (χ0v) is 8.41. The average molecular weight is 204 g/mol. The van der Waals surface area contributed by atoms with E-state index in [0.717, 1.165) is 5.56 Å². The molecule has 0 radical (unpaired) electrons. The molecule has 70 valence electrons. The van der Waals surface area contributed by atoms with Crippen molar-refractivity contribution in [1.82, 2.24) is 9.97 Å². The summed E-state index contributed by atoms with van der Waals surface area (Å²) >= 11 is 1.42. The molecule has 0 fully saturated rings. The number of nitrogens with zero attached hydrogens (tertiary/aromatic N) is 2. The summed E-state index contributed by atoms with van der Waals surface area (Å²) in [5, 5.41) is 1.75. The molecule has 0 unspecified atom stereocenters. The van der Waals surface area contributed by atoms with Crippen molar-refractivity contribution in [3.8, 4) is 0 Å². The lowest BCUT2D eigenvalue weighted by molar-refractivity contribution is 0.103. The van der Waals surface area contributed by atoms with Crippen molar-refractivity contribution in [2.45, 2.75) is 6.92 Å². The molecule has 2 heterocycles. The van der Waals surface area contributed by atoms with E-state index in [4.69, 9.17) is 0 Å². The van der Waals surface area contributed by atoms with Gasteiger partial charge in [-0.05, 0) is 18.6 Å². The fourth-order valence-corrected chi connectivity index (χ4v) is 1.72. The lowest BCUT2D eigenvalue weighted by Gasteiger charge is -2.00. The molecule has 2 aromatic rings. The Balaban J connectivity index is 2.42. The summed E-state index contributed by atoms with van der Waals surface area (Å²) in [4.78, 5) is 19.8. The fraction of sp³-hybridized carbons (Fsp3) is 0.100. The summed E-state index contributed by atoms with van der Waals surface area (Å²) in [5.41, 5.74) is 3.71. The van der Waals surface area contributed by atoms with Gasteiger partial charge in [-0.15, -0.1) is 11.3 Å². The van der Waals surface area contributed by atoms with E-state index in [1.807, 2.05) is 6.92 Å². The van der Waals surface area contributed by atoms with Crippen LogP contribution < -0.4 is 0 Å². The molecule has 2 aromatic heterocycles. The van der Waals surface area contributed by atoms with Gasteiger partial charge in [0.15, 0.2) is 0 Å². The monoisotopic (exact) mass is 204 g/mol. The van der Waals surface area contributed by atoms with E-state index >= 15 is 0 Å². The van der Waals surface area contributed by atoms with Crippen molar-refractivity contribution in [2.24, 2.45) is 0 Å². The summed E-state index contributed by atoms with van der Waals surface area (Å²) in [5.74, 6) is -0.0360. The largest absolute Gasteiger partial charge is 0.287 e. The van der Waals surface area contributed by atoms with Gasteiger partial charge < -0.3 is 0 Å². The molecule has 0 bridgehead atoms. The number of aromatic nitrogens is 2. The van der Waals surface area contributed by atoms with Gasteiger partial charge in [-0.25, -0.2) is 4.98 Å². The van der Waals surface area contributed by atoms with Crippen LogP contribution in [-0.4, -0.2) is 15.8 Å². The highest BCUT2D eigenvalue weighted by Crippen LogP contribution is 2.12. The second kappa shape index (κ2) is 3.67. The van der Waals surface area contributed by atoms with Crippen LogP contribution in [0.25, 0.3) is 0 Å². The molecule has 14 heavy (non-hydrogen) atoms. The van der Waals surface area contributed by atoms with Gasteiger partial charge >= 0.3 is 0 Å². The molecule has 0 aliphatic rings. The van der Waals surface area contributed by atoms with E-state index in [9.17, 15) is 4.79 Å². The molecule has 0 amide bonds. The van der Waals surface area contributed by atoms with E-state index < -0.39 is 0 Å². The van der Waals surface area contributed by atoms with Gasteiger partial charge in [0.25, 0.3) is 0 Å². The van der Waals surface area contributed by atoms with E-state index in [1.54, 1.807) is 29.4 Å². The van der Waals surface area contributed by atoms with Crippen LogP contribution in [-0.2, 0) is 0 Å². The Kier molecular flexibility index (Phi) is 2.37. The molecule has 3 nitrogen and oxygen atoms in total. The average Bonchev–Trinajstić information content (AvgIpc) is 2.70. The third-order valence-electron chi connectivity index (χ3n) is 1.93. The summed E-state index contributed by atoms with van der Waals surface area (Å²) in [6.45, 7) is 1.87. The van der Waals surface area contributed by atoms with Crippen LogP contribution in [0.1, 0.15) is 21.6 Å². The number of rotatable bonds is 2. The van der Waals surface area contributed by atoms with Crippen molar-refractivity contribution in [2.75, 3.05) is 0 Å². The van der Waals surface area contributed by atoms with Gasteiger partial charge in [-0.1, -0.05) is 0 Å². The number of pyridine rings is 1. The molecule has 4 heteroatoms. The smallest absolute Gasteiger partial charge is 0.212 e. The number of aryl methyl sites for hydroxylation is 1. The first-order valence-corrected chi connectivity index (χ1v) is 5.07. The quantitative estimate of drug-likeness (QED) is 0.703. The second-order valence-corrected chi connectivity index (χ2v) is 3.61. The first-order chi connectivity index (χ1) is 6.79. The molecule has 0 spiro atoms. The molecule has 0 aromatic carbocycles. The molecule has 0 atom stereocenters. The van der Waals surface area contributed by atoms with Crippen LogP contribution in [0.4, 0.5) is 0 Å². The standard InChI is InChI=1S/C10H8N2OS/c1-7-4-11-3-2-8(7)10(13)9-5-14-6-12-9/h2-6H,1H3. The zero-order chi connectivity index (χ0) is 9.97. The Morgan fingerprint density at radius 3 is 3.00 bits per heavy atom. The highest BCUT2D eigenvalue weighted by atomic mass is 32.1. The Hall–Kier alpha value is -1.55. The van der Waals surface area contributed by atoms with Crippen LogP contribution in [0.15, 0.2) is 29.4 Å². The lowest BCUT2D eigenvalue weighted by atomic mass is 10.1. The Morgan fingerprint density at radius 2 is 2.36 bits per heavy atom. The highest BCUT2D eigenvalue weighted by molar-refractivity contribution is 7.07. The summed E-state index contributed by atoms with van der Waals surface area (Å²) in [6.07, 6.45) is 3.30. The van der Waals surface area contributed by atoms with E-state index in [-0.39, 0.29) is 5.78 Å². The number of hydrogen-bond donors (Lipinski definition) is 0. The van der Waals surface area contributed by atoms with E-state index in [0.29, 0.717) is 11.3 Å². The van der Waals surface area contributed by atoms with Crippen LogP contribution >= 0.6 is 11.3 Å². The van der Waals surface area contributed by atoms with Gasteiger partial charge in [-0.3, -0.25) is 9.78 Å². The van der Waals surface area contributed by atoms with Crippen LogP contribution in [0.3, 0.4) is 0 Å². The molecule has 0 aliphatic carbocycles.